The predicted octanol–water partition coefficient (Wildman–Crippen LogP) is 3.28. The third-order valence-electron chi connectivity index (χ3n) is 3.57. The maximum Gasteiger partial charge on any atom is 0.257 e. The minimum Gasteiger partial charge on any atom is -0.310 e. The second kappa shape index (κ2) is 6.89. The van der Waals surface area contributed by atoms with Crippen LogP contribution in [0.5, 0.6) is 0 Å². The van der Waals surface area contributed by atoms with Crippen LogP contribution in [-0.2, 0) is 4.79 Å². The number of fused-ring (bicyclic) bond motifs is 1. The van der Waals surface area contributed by atoms with E-state index in [2.05, 4.69) is 21.2 Å². The summed E-state index contributed by atoms with van der Waals surface area (Å²) < 4.78 is 0. The van der Waals surface area contributed by atoms with Crippen molar-refractivity contribution in [2.24, 2.45) is 0 Å². The molecule has 2 N–H and O–H groups in total. The molecule has 0 saturated carbocycles. The van der Waals surface area contributed by atoms with Crippen LogP contribution in [0.4, 0.5) is 5.82 Å². The summed E-state index contributed by atoms with van der Waals surface area (Å²) in [6.07, 6.45) is 5.35. The van der Waals surface area contributed by atoms with Crippen molar-refractivity contribution in [3.05, 3.63) is 49.7 Å². The van der Waals surface area contributed by atoms with Crippen LogP contribution in [0.25, 0.3) is 0 Å². The number of anilines is 1. The Hall–Kier alpha value is -1.94. The molecule has 3 rings (SSSR count). The maximum atomic E-state index is 12.5. The first-order valence-corrected chi connectivity index (χ1v) is 8.69. The summed E-state index contributed by atoms with van der Waals surface area (Å²) in [4.78, 5) is 31.6. The van der Waals surface area contributed by atoms with Gasteiger partial charge in [0.2, 0.25) is 5.91 Å². The number of rotatable bonds is 3. The first-order valence-electron chi connectivity index (χ1n) is 6.95. The molecule has 1 aromatic heterocycles. The molecule has 0 bridgehead atoms. The first-order chi connectivity index (χ1) is 11.5. The van der Waals surface area contributed by atoms with Crippen molar-refractivity contribution >= 4 is 46.7 Å². The number of H-pyrrole nitrogens is 1. The topological polar surface area (TPSA) is 74.8 Å². The molecule has 5 nitrogen and oxygen atoms in total. The molecule has 24 heavy (non-hydrogen) atoms. The van der Waals surface area contributed by atoms with Crippen LogP contribution in [-0.4, -0.2) is 21.6 Å². The van der Waals surface area contributed by atoms with Gasteiger partial charge in [-0.15, -0.1) is 6.42 Å². The summed E-state index contributed by atoms with van der Waals surface area (Å²) in [7, 11) is 0. The number of halogens is 2. The molecule has 122 valence electrons. The van der Waals surface area contributed by atoms with E-state index in [1.807, 2.05) is 0 Å². The Labute approximate surface area is 152 Å². The van der Waals surface area contributed by atoms with E-state index in [4.69, 9.17) is 29.6 Å². The largest absolute Gasteiger partial charge is 0.310 e. The summed E-state index contributed by atoms with van der Waals surface area (Å²) in [5, 5.41) is 3.80. The van der Waals surface area contributed by atoms with Crippen molar-refractivity contribution in [3.8, 4) is 12.3 Å². The Bertz CT molecular complexity index is 921. The van der Waals surface area contributed by atoms with Gasteiger partial charge in [0, 0.05) is 12.3 Å². The molecule has 0 aliphatic carbocycles. The van der Waals surface area contributed by atoms with E-state index >= 15 is 0 Å². The molecule has 2 heterocycles. The fourth-order valence-corrected chi connectivity index (χ4v) is 3.39. The maximum absolute atomic E-state index is 12.5. The number of hydrogen-bond acceptors (Lipinski definition) is 4. The summed E-state index contributed by atoms with van der Waals surface area (Å²) in [6, 6.07) is 5.06. The molecule has 1 aromatic carbocycles. The molecule has 8 heteroatoms. The third-order valence-corrected chi connectivity index (χ3v) is 5.08. The van der Waals surface area contributed by atoms with Crippen molar-refractivity contribution in [2.45, 2.75) is 17.5 Å². The van der Waals surface area contributed by atoms with Crippen LogP contribution >= 0.6 is 35.0 Å². The monoisotopic (exact) mass is 379 g/mol. The molecule has 0 spiro atoms. The molecule has 0 saturated heterocycles. The average molecular weight is 380 g/mol. The van der Waals surface area contributed by atoms with E-state index in [1.165, 1.54) is 11.8 Å². The number of amides is 1. The van der Waals surface area contributed by atoms with Gasteiger partial charge in [-0.25, -0.2) is 4.98 Å². The highest BCUT2D eigenvalue weighted by Crippen LogP contribution is 2.36. The van der Waals surface area contributed by atoms with E-state index < -0.39 is 5.92 Å². The fraction of sp³-hybridized carbons (Fsp3) is 0.188. The molecule has 0 unspecified atom stereocenters. The molecule has 2 aromatic rings. The SMILES string of the molecule is C#CCSc1nc2c(c(=O)[nH]1)[C@H](c1ccc(Cl)c(Cl)c1)CC(=O)N2. The quantitative estimate of drug-likeness (QED) is 0.487. The Morgan fingerprint density at radius 3 is 2.83 bits per heavy atom. The standard InChI is InChI=1S/C16H11Cl2N3O2S/c1-2-5-24-16-20-14-13(15(23)21-16)9(7-12(22)19-14)8-3-4-10(17)11(18)6-8/h1,3-4,6,9H,5,7H2,(H2,19,20,21,22,23)/t9-/m0/s1. The number of carbonyl (C=O) groups excluding carboxylic acids is 1. The van der Waals surface area contributed by atoms with Crippen LogP contribution < -0.4 is 10.9 Å². The summed E-state index contributed by atoms with van der Waals surface area (Å²) in [6.45, 7) is 0. The van der Waals surface area contributed by atoms with Gasteiger partial charge >= 0.3 is 0 Å². The Morgan fingerprint density at radius 1 is 1.33 bits per heavy atom. The lowest BCUT2D eigenvalue weighted by Gasteiger charge is -2.24. The number of carbonyl (C=O) groups is 1. The van der Waals surface area contributed by atoms with Gasteiger partial charge in [-0.05, 0) is 17.7 Å². The van der Waals surface area contributed by atoms with Crippen molar-refractivity contribution < 1.29 is 4.79 Å². The fourth-order valence-electron chi connectivity index (χ4n) is 2.54. The van der Waals surface area contributed by atoms with Crippen LogP contribution in [0.15, 0.2) is 28.2 Å². The highest BCUT2D eigenvalue weighted by molar-refractivity contribution is 7.99. The number of aromatic nitrogens is 2. The number of nitrogens with one attached hydrogen (secondary N) is 2. The lowest BCUT2D eigenvalue weighted by atomic mass is 9.87. The van der Waals surface area contributed by atoms with Crippen LogP contribution in [0.2, 0.25) is 10.0 Å². The van der Waals surface area contributed by atoms with E-state index in [1.54, 1.807) is 18.2 Å². The van der Waals surface area contributed by atoms with E-state index in [9.17, 15) is 9.59 Å². The van der Waals surface area contributed by atoms with Gasteiger partial charge in [-0.2, -0.15) is 0 Å². The van der Waals surface area contributed by atoms with Gasteiger partial charge in [0.15, 0.2) is 5.16 Å². The van der Waals surface area contributed by atoms with Gasteiger partial charge < -0.3 is 10.3 Å². The van der Waals surface area contributed by atoms with E-state index in [0.717, 1.165) is 5.56 Å². The van der Waals surface area contributed by atoms with Gasteiger partial charge in [-0.3, -0.25) is 9.59 Å². The van der Waals surface area contributed by atoms with Crippen molar-refractivity contribution in [1.29, 1.82) is 0 Å². The zero-order valence-electron chi connectivity index (χ0n) is 12.2. The minimum atomic E-state index is -0.438. The molecule has 0 fully saturated rings. The van der Waals surface area contributed by atoms with Gasteiger partial charge in [0.1, 0.15) is 5.82 Å². The lowest BCUT2D eigenvalue weighted by molar-refractivity contribution is -0.116. The number of nitrogens with zero attached hydrogens (tertiary/aromatic N) is 1. The van der Waals surface area contributed by atoms with E-state index in [0.29, 0.717) is 26.5 Å². The molecule has 1 amide bonds. The van der Waals surface area contributed by atoms with Crippen LogP contribution in [0.3, 0.4) is 0 Å². The number of benzene rings is 1. The summed E-state index contributed by atoms with van der Waals surface area (Å²) in [5.74, 6) is 2.42. The second-order valence-electron chi connectivity index (χ2n) is 5.10. The smallest absolute Gasteiger partial charge is 0.257 e. The molecule has 0 radical (unpaired) electrons. The van der Waals surface area contributed by atoms with Crippen LogP contribution in [0, 0.1) is 12.3 Å². The second-order valence-corrected chi connectivity index (χ2v) is 6.88. The molecule has 1 aliphatic rings. The zero-order chi connectivity index (χ0) is 17.3. The summed E-state index contributed by atoms with van der Waals surface area (Å²) >= 11 is 13.2. The molecular formula is C16H11Cl2N3O2S. The highest BCUT2D eigenvalue weighted by atomic mass is 35.5. The number of hydrogen-bond donors (Lipinski definition) is 2. The Balaban J connectivity index is 2.09. The minimum absolute atomic E-state index is 0.132. The molecule has 1 aliphatic heterocycles. The van der Waals surface area contributed by atoms with Gasteiger partial charge in [0.05, 0.1) is 21.4 Å². The lowest BCUT2D eigenvalue weighted by Crippen LogP contribution is -2.31. The number of aromatic amines is 1. The summed E-state index contributed by atoms with van der Waals surface area (Å²) in [5.41, 5.74) is 0.825. The van der Waals surface area contributed by atoms with E-state index in [-0.39, 0.29) is 23.7 Å². The van der Waals surface area contributed by atoms with Crippen LogP contribution in [0.1, 0.15) is 23.5 Å². The highest BCUT2D eigenvalue weighted by Gasteiger charge is 2.31. The average Bonchev–Trinajstić information content (AvgIpc) is 2.54. The van der Waals surface area contributed by atoms with Crippen molar-refractivity contribution in [2.75, 3.05) is 11.1 Å². The van der Waals surface area contributed by atoms with Crippen molar-refractivity contribution in [3.63, 3.8) is 0 Å². The molecular weight excluding hydrogens is 369 g/mol. The van der Waals surface area contributed by atoms with Crippen molar-refractivity contribution in [1.82, 2.24) is 9.97 Å². The predicted molar refractivity (Wildman–Crippen MR) is 96.0 cm³/mol. The zero-order valence-corrected chi connectivity index (χ0v) is 14.6. The Kier molecular flexibility index (Phi) is 4.86. The van der Waals surface area contributed by atoms with Gasteiger partial charge in [0.25, 0.3) is 5.56 Å². The Morgan fingerprint density at radius 2 is 2.12 bits per heavy atom. The third kappa shape index (κ3) is 3.29. The molecule has 1 atom stereocenters. The van der Waals surface area contributed by atoms with Gasteiger partial charge in [-0.1, -0.05) is 47.0 Å². The number of terminal acetylenes is 1. The number of thioether (sulfide) groups is 1. The normalized spacial score (nSPS) is 16.2. The first kappa shape index (κ1) is 16.9.